The number of phosphoric ester groups is 2. The molecule has 0 saturated heterocycles. The molecule has 3 N–H and O–H groups in total. The van der Waals surface area contributed by atoms with Crippen molar-refractivity contribution < 1.29 is 80.2 Å². The second-order valence-electron chi connectivity index (χ2n) is 28.7. The zero-order valence-electron chi connectivity index (χ0n) is 61.6. The number of hydrogen-bond acceptors (Lipinski definition) is 15. The summed E-state index contributed by atoms with van der Waals surface area (Å²) >= 11 is 0. The Bertz CT molecular complexity index is 1850. The second kappa shape index (κ2) is 64.4. The highest BCUT2D eigenvalue weighted by molar-refractivity contribution is 7.47. The molecule has 0 heterocycles. The molecule has 0 aromatic heterocycles. The first-order chi connectivity index (χ1) is 45.1. The van der Waals surface area contributed by atoms with Gasteiger partial charge in [-0.2, -0.15) is 0 Å². The van der Waals surface area contributed by atoms with Crippen LogP contribution in [0.3, 0.4) is 0 Å². The number of phosphoric acid groups is 2. The third kappa shape index (κ3) is 67.3. The van der Waals surface area contributed by atoms with Gasteiger partial charge in [0.05, 0.1) is 26.4 Å². The molecule has 6 atom stereocenters. The molecule has 94 heavy (non-hydrogen) atoms. The summed E-state index contributed by atoms with van der Waals surface area (Å²) in [6.45, 7) is 14.1. The maximum atomic E-state index is 13.1. The Labute approximate surface area is 575 Å². The standard InChI is InChI=1S/C75H146O17P2/c1-9-68(8)54-46-38-33-34-40-48-56-73(78)86-62-71(92-75(80)58-50-42-32-26-29-37-45-53-67(6)7)64-90-94(83,84)88-60-69(76)59-87-93(81,82)89-63-70(91-74(79)57-49-41-31-25-21-17-13-15-19-23-28-36-44-52-66(4)5)61-85-72(77)55-47-39-30-24-20-16-12-10-11-14-18-22-27-35-43-51-65(2)3/h65-71,76H,9-64H2,1-8H3,(H,81,82)(H,83,84)/t68?,69-,70-,71-/m1/s1. The van der Waals surface area contributed by atoms with Gasteiger partial charge in [-0.3, -0.25) is 37.3 Å². The number of ether oxygens (including phenoxy) is 4. The van der Waals surface area contributed by atoms with Crippen LogP contribution in [0.1, 0.15) is 376 Å². The van der Waals surface area contributed by atoms with E-state index in [4.69, 9.17) is 37.0 Å². The molecule has 0 aliphatic rings. The highest BCUT2D eigenvalue weighted by Crippen LogP contribution is 2.45. The Morgan fingerprint density at radius 2 is 0.511 bits per heavy atom. The topological polar surface area (TPSA) is 237 Å². The first-order valence-electron chi connectivity index (χ1n) is 38.7. The highest BCUT2D eigenvalue weighted by Gasteiger charge is 2.30. The Hall–Kier alpha value is -1.94. The minimum atomic E-state index is -4.96. The molecule has 0 radical (unpaired) electrons. The lowest BCUT2D eigenvalue weighted by Crippen LogP contribution is -2.30. The summed E-state index contributed by atoms with van der Waals surface area (Å²) in [6, 6.07) is 0. The molecule has 0 aromatic rings. The third-order valence-corrected chi connectivity index (χ3v) is 19.6. The summed E-state index contributed by atoms with van der Waals surface area (Å²) in [5.41, 5.74) is 0. The van der Waals surface area contributed by atoms with E-state index in [0.29, 0.717) is 31.6 Å². The lowest BCUT2D eigenvalue weighted by atomic mass is 10.00. The van der Waals surface area contributed by atoms with Gasteiger partial charge in [-0.15, -0.1) is 0 Å². The summed E-state index contributed by atoms with van der Waals surface area (Å²) in [7, 11) is -9.91. The summed E-state index contributed by atoms with van der Waals surface area (Å²) in [4.78, 5) is 72.7. The SMILES string of the molecule is CCC(C)CCCCCCCCC(=O)OC[C@H](COP(=O)(O)OC[C@H](O)COP(=O)(O)OC[C@@H](COC(=O)CCCCCCCCCCCCCCCCCC(C)C)OC(=O)CCCCCCCCCCCCCCCC(C)C)OC(=O)CCCCCCCCCC(C)C. The lowest BCUT2D eigenvalue weighted by molar-refractivity contribution is -0.161. The van der Waals surface area contributed by atoms with E-state index in [0.717, 1.165) is 114 Å². The largest absolute Gasteiger partial charge is 0.472 e. The average molecular weight is 1380 g/mol. The van der Waals surface area contributed by atoms with Crippen LogP contribution in [0, 0.1) is 23.7 Å². The van der Waals surface area contributed by atoms with Gasteiger partial charge in [0.25, 0.3) is 0 Å². The van der Waals surface area contributed by atoms with Gasteiger partial charge in [-0.05, 0) is 49.4 Å². The Morgan fingerprint density at radius 3 is 0.755 bits per heavy atom. The first-order valence-corrected chi connectivity index (χ1v) is 41.7. The maximum absolute atomic E-state index is 13.1. The number of carbonyl (C=O) groups excluding carboxylic acids is 4. The van der Waals surface area contributed by atoms with Crippen LogP contribution in [-0.2, 0) is 65.4 Å². The van der Waals surface area contributed by atoms with Gasteiger partial charge in [0.15, 0.2) is 12.2 Å². The van der Waals surface area contributed by atoms with Crippen LogP contribution < -0.4 is 0 Å². The molecule has 0 rings (SSSR count). The number of rotatable bonds is 72. The third-order valence-electron chi connectivity index (χ3n) is 17.7. The Balaban J connectivity index is 5.23. The van der Waals surface area contributed by atoms with Crippen molar-refractivity contribution in [3.8, 4) is 0 Å². The van der Waals surface area contributed by atoms with Gasteiger partial charge in [0, 0.05) is 25.7 Å². The Morgan fingerprint density at radius 1 is 0.298 bits per heavy atom. The number of aliphatic hydroxyl groups excluding tert-OH is 1. The monoisotopic (exact) mass is 1380 g/mol. The molecule has 3 unspecified atom stereocenters. The minimum Gasteiger partial charge on any atom is -0.462 e. The average Bonchev–Trinajstić information content (AvgIpc) is 1.38. The van der Waals surface area contributed by atoms with Crippen molar-refractivity contribution in [2.75, 3.05) is 39.6 Å². The van der Waals surface area contributed by atoms with Gasteiger partial charge in [0.2, 0.25) is 0 Å². The van der Waals surface area contributed by atoms with Crippen molar-refractivity contribution >= 4 is 39.5 Å². The van der Waals surface area contributed by atoms with E-state index in [2.05, 4.69) is 55.4 Å². The summed E-state index contributed by atoms with van der Waals surface area (Å²) < 4.78 is 68.4. The maximum Gasteiger partial charge on any atom is 0.472 e. The summed E-state index contributed by atoms with van der Waals surface area (Å²) in [6.07, 6.45) is 48.7. The Kier molecular flexibility index (Phi) is 63.1. The van der Waals surface area contributed by atoms with Crippen LogP contribution in [0.2, 0.25) is 0 Å². The predicted molar refractivity (Wildman–Crippen MR) is 381 cm³/mol. The molecule has 17 nitrogen and oxygen atoms in total. The van der Waals surface area contributed by atoms with Crippen LogP contribution in [0.5, 0.6) is 0 Å². The van der Waals surface area contributed by atoms with Crippen molar-refractivity contribution in [2.45, 2.75) is 395 Å². The van der Waals surface area contributed by atoms with Gasteiger partial charge in [-0.1, -0.05) is 325 Å². The highest BCUT2D eigenvalue weighted by atomic mass is 31.2. The van der Waals surface area contributed by atoms with E-state index >= 15 is 0 Å². The number of unbranched alkanes of at least 4 members (excludes halogenated alkanes) is 37. The minimum absolute atomic E-state index is 0.102. The molecule has 0 spiro atoms. The van der Waals surface area contributed by atoms with E-state index in [9.17, 15) is 43.2 Å². The smallest absolute Gasteiger partial charge is 0.462 e. The van der Waals surface area contributed by atoms with Gasteiger partial charge in [0.1, 0.15) is 19.3 Å². The van der Waals surface area contributed by atoms with E-state index in [1.165, 1.54) is 173 Å². The van der Waals surface area contributed by atoms with Crippen molar-refractivity contribution in [1.29, 1.82) is 0 Å². The summed E-state index contributed by atoms with van der Waals surface area (Å²) in [5.74, 6) is 0.894. The van der Waals surface area contributed by atoms with Crippen LogP contribution in [-0.4, -0.2) is 96.7 Å². The fourth-order valence-electron chi connectivity index (χ4n) is 11.3. The molecular formula is C75H146O17P2. The van der Waals surface area contributed by atoms with Gasteiger partial charge >= 0.3 is 39.5 Å². The van der Waals surface area contributed by atoms with Crippen LogP contribution in [0.25, 0.3) is 0 Å². The van der Waals surface area contributed by atoms with E-state index in [1.807, 2.05) is 0 Å². The lowest BCUT2D eigenvalue weighted by Gasteiger charge is -2.21. The number of carbonyl (C=O) groups is 4. The molecule has 0 saturated carbocycles. The number of aliphatic hydroxyl groups is 1. The van der Waals surface area contributed by atoms with E-state index in [1.54, 1.807) is 0 Å². The molecule has 0 aromatic carbocycles. The predicted octanol–water partition coefficient (Wildman–Crippen LogP) is 21.7. The zero-order valence-corrected chi connectivity index (χ0v) is 63.4. The number of esters is 4. The molecule has 0 amide bonds. The molecular weight excluding hydrogens is 1230 g/mol. The molecule has 0 fully saturated rings. The van der Waals surface area contributed by atoms with Crippen LogP contribution >= 0.6 is 15.6 Å². The van der Waals surface area contributed by atoms with Crippen molar-refractivity contribution in [1.82, 2.24) is 0 Å². The van der Waals surface area contributed by atoms with E-state index < -0.39 is 97.5 Å². The van der Waals surface area contributed by atoms with Gasteiger partial charge < -0.3 is 33.8 Å². The fourth-order valence-corrected chi connectivity index (χ4v) is 12.9. The second-order valence-corrected chi connectivity index (χ2v) is 31.6. The fraction of sp³-hybridized carbons (Fsp3) is 0.947. The molecule has 0 aliphatic carbocycles. The molecule has 0 aliphatic heterocycles. The van der Waals surface area contributed by atoms with Crippen molar-refractivity contribution in [3.63, 3.8) is 0 Å². The normalized spacial score (nSPS) is 14.4. The van der Waals surface area contributed by atoms with Crippen molar-refractivity contribution in [2.24, 2.45) is 23.7 Å². The van der Waals surface area contributed by atoms with Crippen LogP contribution in [0.15, 0.2) is 0 Å². The zero-order chi connectivity index (χ0) is 69.6. The van der Waals surface area contributed by atoms with Crippen LogP contribution in [0.4, 0.5) is 0 Å². The quantitative estimate of drug-likeness (QED) is 0.0222. The van der Waals surface area contributed by atoms with Gasteiger partial charge in [-0.25, -0.2) is 9.13 Å². The molecule has 558 valence electrons. The molecule has 0 bridgehead atoms. The summed E-state index contributed by atoms with van der Waals surface area (Å²) in [5, 5.41) is 10.6. The van der Waals surface area contributed by atoms with E-state index in [-0.39, 0.29) is 25.7 Å². The number of hydrogen-bond donors (Lipinski definition) is 3. The molecule has 19 heteroatoms. The van der Waals surface area contributed by atoms with Crippen molar-refractivity contribution in [3.05, 3.63) is 0 Å². The first kappa shape index (κ1) is 92.1.